The molecule has 0 N–H and O–H groups in total. The van der Waals surface area contributed by atoms with Crippen molar-refractivity contribution in [2.24, 2.45) is 0 Å². The first kappa shape index (κ1) is 48.3. The molecular formula is C47H66O6. The highest BCUT2D eigenvalue weighted by Gasteiger charge is 2.19. The summed E-state index contributed by atoms with van der Waals surface area (Å²) in [6.07, 6.45) is 57.2. The molecule has 0 aliphatic rings. The summed E-state index contributed by atoms with van der Waals surface area (Å²) in [6.45, 7) is 5.99. The van der Waals surface area contributed by atoms with Crippen molar-refractivity contribution in [3.63, 3.8) is 0 Å². The Morgan fingerprint density at radius 1 is 0.396 bits per heavy atom. The molecule has 0 aliphatic carbocycles. The van der Waals surface area contributed by atoms with Crippen molar-refractivity contribution in [2.45, 2.75) is 117 Å². The number of hydrogen-bond donors (Lipinski definition) is 0. The van der Waals surface area contributed by atoms with Crippen LogP contribution in [0.3, 0.4) is 0 Å². The Morgan fingerprint density at radius 2 is 0.774 bits per heavy atom. The van der Waals surface area contributed by atoms with Gasteiger partial charge in [-0.1, -0.05) is 167 Å². The molecule has 0 amide bonds. The van der Waals surface area contributed by atoms with Crippen molar-refractivity contribution in [1.29, 1.82) is 0 Å². The van der Waals surface area contributed by atoms with Crippen molar-refractivity contribution in [3.05, 3.63) is 146 Å². The van der Waals surface area contributed by atoms with Gasteiger partial charge in [0.1, 0.15) is 13.2 Å². The van der Waals surface area contributed by atoms with Crippen LogP contribution >= 0.6 is 0 Å². The molecule has 0 aliphatic heterocycles. The minimum Gasteiger partial charge on any atom is -0.462 e. The van der Waals surface area contributed by atoms with Gasteiger partial charge in [0.25, 0.3) is 0 Å². The molecule has 53 heavy (non-hydrogen) atoms. The van der Waals surface area contributed by atoms with Crippen molar-refractivity contribution in [1.82, 2.24) is 0 Å². The SMILES string of the molecule is CC\C=C/C=C\C=C/C=C\C=C/CCCC(=O)OCC(COC(=O)CCCC/C=C\C/C=C\CC)OC(=O)CCC\C=C/C=C\C=C/C=C\C=C/CC. The van der Waals surface area contributed by atoms with Crippen LogP contribution in [0.15, 0.2) is 146 Å². The van der Waals surface area contributed by atoms with Crippen LogP contribution in [0.2, 0.25) is 0 Å². The van der Waals surface area contributed by atoms with E-state index in [9.17, 15) is 14.4 Å². The van der Waals surface area contributed by atoms with E-state index in [0.717, 1.165) is 44.9 Å². The summed E-state index contributed by atoms with van der Waals surface area (Å²) in [5.74, 6) is -1.17. The molecule has 0 saturated carbocycles. The van der Waals surface area contributed by atoms with Crippen LogP contribution in [0.5, 0.6) is 0 Å². The minimum absolute atomic E-state index is 0.154. The van der Waals surface area contributed by atoms with Crippen LogP contribution in [0.4, 0.5) is 0 Å². The van der Waals surface area contributed by atoms with Gasteiger partial charge in [0, 0.05) is 19.3 Å². The largest absolute Gasteiger partial charge is 0.462 e. The maximum atomic E-state index is 12.6. The standard InChI is InChI=1S/C47H66O6/c1-4-7-10-13-16-19-21-23-25-28-31-34-37-40-46(49)52-43-44(42-51-45(48)39-36-33-30-27-18-15-12-9-6-3)53-47(50)41-38-35-32-29-26-24-22-20-17-14-11-8-5-2/h7-14,16-29,31-32,44H,4-6,15,30,33-43H2,1-3H3/b10-7-,11-8-,12-9-,16-13-,17-14-,21-19-,22-20-,25-23-,26-24-,27-18-,31-28-,32-29-. The van der Waals surface area contributed by atoms with Gasteiger partial charge in [-0.25, -0.2) is 0 Å². The lowest BCUT2D eigenvalue weighted by Crippen LogP contribution is -2.30. The average Bonchev–Trinajstić information content (AvgIpc) is 3.15. The summed E-state index contributed by atoms with van der Waals surface area (Å²) in [5.41, 5.74) is 0. The highest BCUT2D eigenvalue weighted by atomic mass is 16.6. The molecule has 1 unspecified atom stereocenters. The quantitative estimate of drug-likeness (QED) is 0.0233. The molecule has 6 nitrogen and oxygen atoms in total. The number of carbonyl (C=O) groups excluding carboxylic acids is 3. The summed E-state index contributed by atoms with van der Waals surface area (Å²) < 4.78 is 16.4. The monoisotopic (exact) mass is 726 g/mol. The molecule has 0 radical (unpaired) electrons. The number of allylic oxidation sites excluding steroid dienone is 24. The Hall–Kier alpha value is -4.71. The topological polar surface area (TPSA) is 78.9 Å². The van der Waals surface area contributed by atoms with E-state index in [1.54, 1.807) is 0 Å². The molecule has 0 aromatic heterocycles. The van der Waals surface area contributed by atoms with E-state index >= 15 is 0 Å². The maximum Gasteiger partial charge on any atom is 0.306 e. The van der Waals surface area contributed by atoms with Crippen molar-refractivity contribution in [3.8, 4) is 0 Å². The van der Waals surface area contributed by atoms with Crippen LogP contribution in [0.25, 0.3) is 0 Å². The molecule has 0 aromatic carbocycles. The molecule has 0 saturated heterocycles. The van der Waals surface area contributed by atoms with Gasteiger partial charge in [0.05, 0.1) is 0 Å². The zero-order valence-electron chi connectivity index (χ0n) is 32.7. The summed E-state index contributed by atoms with van der Waals surface area (Å²) in [4.78, 5) is 37.4. The predicted octanol–water partition coefficient (Wildman–Crippen LogP) is 12.2. The minimum atomic E-state index is -0.859. The van der Waals surface area contributed by atoms with E-state index in [1.807, 2.05) is 109 Å². The number of ether oxygens (including phenoxy) is 3. The lowest BCUT2D eigenvalue weighted by atomic mass is 10.2. The zero-order valence-corrected chi connectivity index (χ0v) is 32.7. The van der Waals surface area contributed by atoms with Gasteiger partial charge < -0.3 is 14.2 Å². The van der Waals surface area contributed by atoms with Crippen LogP contribution < -0.4 is 0 Å². The van der Waals surface area contributed by atoms with Crippen LogP contribution in [-0.2, 0) is 28.6 Å². The van der Waals surface area contributed by atoms with Crippen molar-refractivity contribution < 1.29 is 28.6 Å². The Labute approximate surface area is 321 Å². The van der Waals surface area contributed by atoms with Gasteiger partial charge in [-0.05, 0) is 70.6 Å². The third-order valence-corrected chi connectivity index (χ3v) is 7.08. The van der Waals surface area contributed by atoms with Crippen molar-refractivity contribution >= 4 is 17.9 Å². The van der Waals surface area contributed by atoms with E-state index in [2.05, 4.69) is 57.2 Å². The number of unbranched alkanes of at least 4 members (excludes halogenated alkanes) is 4. The van der Waals surface area contributed by atoms with Gasteiger partial charge >= 0.3 is 17.9 Å². The molecular weight excluding hydrogens is 661 g/mol. The zero-order chi connectivity index (χ0) is 38.7. The highest BCUT2D eigenvalue weighted by Crippen LogP contribution is 2.08. The van der Waals surface area contributed by atoms with Crippen LogP contribution in [0, 0.1) is 0 Å². The fourth-order valence-electron chi connectivity index (χ4n) is 4.24. The van der Waals surface area contributed by atoms with Gasteiger partial charge in [-0.15, -0.1) is 0 Å². The number of carbonyl (C=O) groups is 3. The smallest absolute Gasteiger partial charge is 0.306 e. The van der Waals surface area contributed by atoms with Crippen LogP contribution in [-0.4, -0.2) is 37.2 Å². The van der Waals surface area contributed by atoms with Gasteiger partial charge in [-0.3, -0.25) is 14.4 Å². The Balaban J connectivity index is 4.72. The Morgan fingerprint density at radius 3 is 1.25 bits per heavy atom. The van der Waals surface area contributed by atoms with E-state index in [4.69, 9.17) is 14.2 Å². The number of hydrogen-bond acceptors (Lipinski definition) is 6. The second-order valence-corrected chi connectivity index (χ2v) is 11.9. The van der Waals surface area contributed by atoms with E-state index < -0.39 is 12.1 Å². The second-order valence-electron chi connectivity index (χ2n) is 11.9. The van der Waals surface area contributed by atoms with E-state index in [0.29, 0.717) is 25.7 Å². The summed E-state index contributed by atoms with van der Waals surface area (Å²) in [7, 11) is 0. The molecule has 1 atom stereocenters. The molecule has 0 heterocycles. The fraction of sp³-hybridized carbons (Fsp3) is 0.426. The van der Waals surface area contributed by atoms with E-state index in [-0.39, 0.29) is 44.4 Å². The lowest BCUT2D eigenvalue weighted by molar-refractivity contribution is -0.167. The first-order valence-corrected chi connectivity index (χ1v) is 19.5. The first-order valence-electron chi connectivity index (χ1n) is 19.5. The maximum absolute atomic E-state index is 12.6. The molecule has 6 heteroatoms. The summed E-state index contributed by atoms with van der Waals surface area (Å²) >= 11 is 0. The summed E-state index contributed by atoms with van der Waals surface area (Å²) in [5, 5.41) is 0. The average molecular weight is 727 g/mol. The Kier molecular flexibility index (Phi) is 36.5. The van der Waals surface area contributed by atoms with Crippen LogP contribution in [0.1, 0.15) is 111 Å². The molecule has 0 fully saturated rings. The lowest BCUT2D eigenvalue weighted by Gasteiger charge is -2.18. The molecule has 0 spiro atoms. The fourth-order valence-corrected chi connectivity index (χ4v) is 4.24. The third-order valence-electron chi connectivity index (χ3n) is 7.08. The molecule has 290 valence electrons. The molecule has 0 aromatic rings. The number of rotatable bonds is 31. The van der Waals surface area contributed by atoms with Crippen molar-refractivity contribution in [2.75, 3.05) is 13.2 Å². The Bertz CT molecular complexity index is 1300. The van der Waals surface area contributed by atoms with Gasteiger partial charge in [0.2, 0.25) is 0 Å². The molecule has 0 rings (SSSR count). The normalized spacial score (nSPS) is 13.6. The number of esters is 3. The molecule has 0 bridgehead atoms. The van der Waals surface area contributed by atoms with Gasteiger partial charge in [-0.2, -0.15) is 0 Å². The summed E-state index contributed by atoms with van der Waals surface area (Å²) in [6, 6.07) is 0. The highest BCUT2D eigenvalue weighted by molar-refractivity contribution is 5.71. The van der Waals surface area contributed by atoms with Gasteiger partial charge in [0.15, 0.2) is 6.10 Å². The third kappa shape index (κ3) is 38.4. The predicted molar refractivity (Wildman–Crippen MR) is 223 cm³/mol. The first-order chi connectivity index (χ1) is 26.0. The van der Waals surface area contributed by atoms with E-state index in [1.165, 1.54) is 0 Å². The second kappa shape index (κ2) is 40.1.